The van der Waals surface area contributed by atoms with Gasteiger partial charge in [0.1, 0.15) is 0 Å². The first-order chi connectivity index (χ1) is 11.4. The summed E-state index contributed by atoms with van der Waals surface area (Å²) in [6.45, 7) is 11.2. The molecular formula is C19H29N3O2. The van der Waals surface area contributed by atoms with Crippen LogP contribution in [0.5, 0.6) is 0 Å². The van der Waals surface area contributed by atoms with Gasteiger partial charge in [-0.05, 0) is 30.2 Å². The molecule has 0 atom stereocenters. The third kappa shape index (κ3) is 4.98. The summed E-state index contributed by atoms with van der Waals surface area (Å²) in [5, 5.41) is 2.93. The van der Waals surface area contributed by atoms with E-state index in [0.29, 0.717) is 12.3 Å². The smallest absolute Gasteiger partial charge is 0.225 e. The van der Waals surface area contributed by atoms with Crippen LogP contribution in [0.15, 0.2) is 24.3 Å². The highest BCUT2D eigenvalue weighted by atomic mass is 16.2. The second-order valence-corrected chi connectivity index (χ2v) is 7.16. The quantitative estimate of drug-likeness (QED) is 0.902. The monoisotopic (exact) mass is 331 g/mol. The highest BCUT2D eigenvalue weighted by molar-refractivity contribution is 5.91. The summed E-state index contributed by atoms with van der Waals surface area (Å²) in [5.41, 5.74) is 1.96. The molecule has 1 heterocycles. The molecule has 1 saturated heterocycles. The van der Waals surface area contributed by atoms with Gasteiger partial charge in [0.05, 0.1) is 0 Å². The molecule has 1 N–H and O–H groups in total. The summed E-state index contributed by atoms with van der Waals surface area (Å²) in [5.74, 6) is 0.704. The van der Waals surface area contributed by atoms with Crippen molar-refractivity contribution in [1.82, 2.24) is 4.90 Å². The normalized spacial score (nSPS) is 15.1. The van der Waals surface area contributed by atoms with Crippen molar-refractivity contribution < 1.29 is 9.59 Å². The molecule has 24 heavy (non-hydrogen) atoms. The Hall–Kier alpha value is -2.04. The Balaban J connectivity index is 1.88. The van der Waals surface area contributed by atoms with Crippen LogP contribution in [-0.4, -0.2) is 42.9 Å². The maximum atomic E-state index is 12.0. The number of hydrogen-bond donors (Lipinski definition) is 1. The van der Waals surface area contributed by atoms with E-state index in [1.54, 1.807) is 0 Å². The third-order valence-electron chi connectivity index (χ3n) is 4.20. The first kappa shape index (κ1) is 18.3. The van der Waals surface area contributed by atoms with Crippen LogP contribution in [0, 0.1) is 11.8 Å². The van der Waals surface area contributed by atoms with Gasteiger partial charge in [-0.1, -0.05) is 27.7 Å². The Bertz CT molecular complexity index is 558. The van der Waals surface area contributed by atoms with Gasteiger partial charge in [0.2, 0.25) is 11.8 Å². The largest absolute Gasteiger partial charge is 0.368 e. The fraction of sp³-hybridized carbons (Fsp3) is 0.579. The molecular weight excluding hydrogens is 302 g/mol. The van der Waals surface area contributed by atoms with E-state index < -0.39 is 0 Å². The zero-order valence-corrected chi connectivity index (χ0v) is 15.2. The van der Waals surface area contributed by atoms with Crippen molar-refractivity contribution in [3.8, 4) is 0 Å². The Morgan fingerprint density at radius 3 is 2.08 bits per heavy atom. The lowest BCUT2D eigenvalue weighted by Gasteiger charge is -2.37. The molecule has 0 bridgehead atoms. The Kier molecular flexibility index (Phi) is 6.23. The van der Waals surface area contributed by atoms with E-state index in [4.69, 9.17) is 0 Å². The molecule has 1 aliphatic heterocycles. The highest BCUT2D eigenvalue weighted by Crippen LogP contribution is 2.20. The molecule has 0 radical (unpaired) electrons. The maximum absolute atomic E-state index is 12.0. The van der Waals surface area contributed by atoms with Gasteiger partial charge < -0.3 is 15.1 Å². The molecule has 5 nitrogen and oxygen atoms in total. The van der Waals surface area contributed by atoms with E-state index in [1.165, 1.54) is 0 Å². The minimum atomic E-state index is 0.0542. The number of nitrogens with one attached hydrogen (secondary N) is 1. The standard InChI is InChI=1S/C19H29N3O2/c1-14(2)13-18(23)20-16-5-7-17(8-6-16)21-9-11-22(12-10-21)19(24)15(3)4/h5-8,14-15H,9-13H2,1-4H3,(H,20,23). The van der Waals surface area contributed by atoms with Gasteiger partial charge in [-0.3, -0.25) is 9.59 Å². The van der Waals surface area contributed by atoms with Crippen molar-refractivity contribution in [3.05, 3.63) is 24.3 Å². The van der Waals surface area contributed by atoms with Gasteiger partial charge in [0, 0.05) is 49.9 Å². The van der Waals surface area contributed by atoms with Crippen LogP contribution in [-0.2, 0) is 9.59 Å². The predicted molar refractivity (Wildman–Crippen MR) is 98.2 cm³/mol. The number of anilines is 2. The van der Waals surface area contributed by atoms with Crippen molar-refractivity contribution in [1.29, 1.82) is 0 Å². The molecule has 2 rings (SSSR count). The Labute approximate surface area is 145 Å². The Morgan fingerprint density at radius 2 is 1.58 bits per heavy atom. The SMILES string of the molecule is CC(C)CC(=O)Nc1ccc(N2CCN(C(=O)C(C)C)CC2)cc1. The van der Waals surface area contributed by atoms with E-state index in [1.807, 2.05) is 56.9 Å². The number of amides is 2. The first-order valence-electron chi connectivity index (χ1n) is 8.80. The predicted octanol–water partition coefficient (Wildman–Crippen LogP) is 2.98. The van der Waals surface area contributed by atoms with Gasteiger partial charge >= 0.3 is 0 Å². The minimum Gasteiger partial charge on any atom is -0.368 e. The summed E-state index contributed by atoms with van der Waals surface area (Å²) in [4.78, 5) is 28.1. The van der Waals surface area contributed by atoms with Crippen LogP contribution >= 0.6 is 0 Å². The molecule has 132 valence electrons. The number of hydrogen-bond acceptors (Lipinski definition) is 3. The summed E-state index contributed by atoms with van der Waals surface area (Å²) in [7, 11) is 0. The maximum Gasteiger partial charge on any atom is 0.225 e. The topological polar surface area (TPSA) is 52.7 Å². The average Bonchev–Trinajstić information content (AvgIpc) is 2.54. The molecule has 0 aliphatic carbocycles. The molecule has 1 aromatic rings. The van der Waals surface area contributed by atoms with Crippen LogP contribution in [0.3, 0.4) is 0 Å². The lowest BCUT2D eigenvalue weighted by Crippen LogP contribution is -2.49. The van der Waals surface area contributed by atoms with E-state index in [2.05, 4.69) is 10.2 Å². The zero-order valence-electron chi connectivity index (χ0n) is 15.2. The second kappa shape index (κ2) is 8.18. The molecule has 1 aromatic carbocycles. The van der Waals surface area contributed by atoms with E-state index in [9.17, 15) is 9.59 Å². The second-order valence-electron chi connectivity index (χ2n) is 7.16. The number of nitrogens with zero attached hydrogens (tertiary/aromatic N) is 2. The summed E-state index contributed by atoms with van der Waals surface area (Å²) in [6, 6.07) is 7.95. The zero-order chi connectivity index (χ0) is 17.7. The van der Waals surface area contributed by atoms with Gasteiger partial charge in [0.15, 0.2) is 0 Å². The lowest BCUT2D eigenvalue weighted by molar-refractivity contribution is -0.134. The lowest BCUT2D eigenvalue weighted by atomic mass is 10.1. The van der Waals surface area contributed by atoms with E-state index >= 15 is 0 Å². The molecule has 0 saturated carbocycles. The van der Waals surface area contributed by atoms with Crippen molar-refractivity contribution in [2.75, 3.05) is 36.4 Å². The summed E-state index contributed by atoms with van der Waals surface area (Å²) < 4.78 is 0. The summed E-state index contributed by atoms with van der Waals surface area (Å²) >= 11 is 0. The highest BCUT2D eigenvalue weighted by Gasteiger charge is 2.22. The van der Waals surface area contributed by atoms with Crippen LogP contribution in [0.2, 0.25) is 0 Å². The molecule has 5 heteroatoms. The molecule has 2 amide bonds. The van der Waals surface area contributed by atoms with Gasteiger partial charge in [-0.2, -0.15) is 0 Å². The van der Waals surface area contributed by atoms with Crippen LogP contribution in [0.4, 0.5) is 11.4 Å². The summed E-state index contributed by atoms with van der Waals surface area (Å²) in [6.07, 6.45) is 0.535. The number of piperazine rings is 1. The molecule has 1 aliphatic rings. The number of carbonyl (C=O) groups is 2. The molecule has 1 fully saturated rings. The van der Waals surface area contributed by atoms with Crippen LogP contribution in [0.25, 0.3) is 0 Å². The van der Waals surface area contributed by atoms with Gasteiger partial charge in [0.25, 0.3) is 0 Å². The Morgan fingerprint density at radius 1 is 1.00 bits per heavy atom. The van der Waals surface area contributed by atoms with Crippen LogP contribution in [0.1, 0.15) is 34.1 Å². The number of rotatable bonds is 5. The molecule has 0 unspecified atom stereocenters. The first-order valence-corrected chi connectivity index (χ1v) is 8.80. The molecule has 0 aromatic heterocycles. The van der Waals surface area contributed by atoms with Crippen LogP contribution < -0.4 is 10.2 Å². The van der Waals surface area contributed by atoms with Gasteiger partial charge in [-0.15, -0.1) is 0 Å². The van der Waals surface area contributed by atoms with Crippen molar-refractivity contribution in [2.24, 2.45) is 11.8 Å². The average molecular weight is 331 g/mol. The third-order valence-corrected chi connectivity index (χ3v) is 4.20. The van der Waals surface area contributed by atoms with Crippen molar-refractivity contribution >= 4 is 23.2 Å². The number of benzene rings is 1. The number of carbonyl (C=O) groups excluding carboxylic acids is 2. The van der Waals surface area contributed by atoms with Crippen molar-refractivity contribution in [2.45, 2.75) is 34.1 Å². The van der Waals surface area contributed by atoms with E-state index in [-0.39, 0.29) is 17.7 Å². The molecule has 0 spiro atoms. The fourth-order valence-electron chi connectivity index (χ4n) is 2.89. The van der Waals surface area contributed by atoms with Crippen molar-refractivity contribution in [3.63, 3.8) is 0 Å². The fourth-order valence-corrected chi connectivity index (χ4v) is 2.89. The minimum absolute atomic E-state index is 0.0542. The van der Waals surface area contributed by atoms with Gasteiger partial charge in [-0.25, -0.2) is 0 Å². The van der Waals surface area contributed by atoms with E-state index in [0.717, 1.165) is 37.6 Å².